The number of rotatable bonds is 5. The van der Waals surface area contributed by atoms with E-state index in [0.717, 1.165) is 50.0 Å². The Bertz CT molecular complexity index is 718. The van der Waals surface area contributed by atoms with Gasteiger partial charge in [-0.3, -0.25) is 4.79 Å². The molecule has 0 aromatic carbocycles. The van der Waals surface area contributed by atoms with Crippen molar-refractivity contribution in [2.75, 3.05) is 13.1 Å². The molecule has 1 aliphatic heterocycles. The third-order valence-electron chi connectivity index (χ3n) is 6.27. The molecular formula is C20H33N7O. The van der Waals surface area contributed by atoms with Crippen LogP contribution >= 0.6 is 0 Å². The maximum absolute atomic E-state index is 12.8. The molecule has 0 bridgehead atoms. The minimum absolute atomic E-state index is 0.254. The topological polar surface area (TPSA) is 87.4 Å². The second kappa shape index (κ2) is 8.49. The number of aliphatic imine (C=N–C) groups is 1. The summed E-state index contributed by atoms with van der Waals surface area (Å²) in [7, 11) is 1.97. The third kappa shape index (κ3) is 4.64. The summed E-state index contributed by atoms with van der Waals surface area (Å²) in [6.07, 6.45) is 9.20. The predicted octanol–water partition coefficient (Wildman–Crippen LogP) is 1.50. The zero-order valence-electron chi connectivity index (χ0n) is 17.2. The maximum atomic E-state index is 12.8. The van der Waals surface area contributed by atoms with Crippen molar-refractivity contribution in [2.45, 2.75) is 76.9 Å². The quantitative estimate of drug-likeness (QED) is 0.591. The van der Waals surface area contributed by atoms with E-state index in [0.29, 0.717) is 18.5 Å². The summed E-state index contributed by atoms with van der Waals surface area (Å²) in [5.41, 5.74) is 0. The Hall–Kier alpha value is -2.12. The predicted molar refractivity (Wildman–Crippen MR) is 108 cm³/mol. The van der Waals surface area contributed by atoms with Crippen LogP contribution in [0.15, 0.2) is 4.99 Å². The number of nitrogens with zero attached hydrogens (tertiary/aromatic N) is 5. The zero-order valence-corrected chi connectivity index (χ0v) is 17.2. The summed E-state index contributed by atoms with van der Waals surface area (Å²) in [5.74, 6) is 3.20. The number of hydrogen-bond acceptors (Lipinski definition) is 4. The van der Waals surface area contributed by atoms with E-state index in [9.17, 15) is 4.79 Å². The second-order valence-corrected chi connectivity index (χ2v) is 8.56. The third-order valence-corrected chi connectivity index (χ3v) is 6.27. The van der Waals surface area contributed by atoms with E-state index in [1.807, 2.05) is 18.5 Å². The highest BCUT2D eigenvalue weighted by atomic mass is 16.2. The van der Waals surface area contributed by atoms with Gasteiger partial charge in [0.05, 0.1) is 0 Å². The molecule has 0 spiro atoms. The normalized spacial score (nSPS) is 23.9. The Labute approximate surface area is 167 Å². The summed E-state index contributed by atoms with van der Waals surface area (Å²) in [6, 6.07) is 0.785. The van der Waals surface area contributed by atoms with Crippen LogP contribution in [0, 0.1) is 12.8 Å². The van der Waals surface area contributed by atoms with Crippen molar-refractivity contribution in [3.05, 3.63) is 11.6 Å². The highest BCUT2D eigenvalue weighted by Gasteiger charge is 2.32. The molecule has 1 aromatic rings. The molecular weight excluding hydrogens is 354 g/mol. The average molecular weight is 388 g/mol. The van der Waals surface area contributed by atoms with Crippen molar-refractivity contribution in [1.82, 2.24) is 30.3 Å². The minimum atomic E-state index is 0.254. The number of carbonyl (C=O) groups is 1. The van der Waals surface area contributed by atoms with E-state index in [1.165, 1.54) is 32.1 Å². The van der Waals surface area contributed by atoms with Crippen molar-refractivity contribution >= 4 is 11.9 Å². The molecule has 1 saturated heterocycles. The van der Waals surface area contributed by atoms with Gasteiger partial charge >= 0.3 is 0 Å². The Kier molecular flexibility index (Phi) is 5.82. The molecule has 2 aliphatic carbocycles. The molecule has 3 fully saturated rings. The van der Waals surface area contributed by atoms with Gasteiger partial charge in [-0.15, -0.1) is 10.2 Å². The molecule has 8 nitrogen and oxygen atoms in total. The first-order chi connectivity index (χ1) is 13.6. The summed E-state index contributed by atoms with van der Waals surface area (Å²) < 4.78 is 1.97. The van der Waals surface area contributed by atoms with Gasteiger partial charge in [0, 0.05) is 38.1 Å². The first kappa shape index (κ1) is 19.2. The van der Waals surface area contributed by atoms with Crippen molar-refractivity contribution in [1.29, 1.82) is 0 Å². The van der Waals surface area contributed by atoms with Gasteiger partial charge in [-0.2, -0.15) is 0 Å². The molecule has 28 heavy (non-hydrogen) atoms. The summed E-state index contributed by atoms with van der Waals surface area (Å²) in [6.45, 7) is 4.07. The molecule has 1 amide bonds. The first-order valence-electron chi connectivity index (χ1n) is 10.8. The fourth-order valence-corrected chi connectivity index (χ4v) is 4.17. The lowest BCUT2D eigenvalue weighted by Gasteiger charge is -2.26. The molecule has 2 saturated carbocycles. The van der Waals surface area contributed by atoms with Crippen LogP contribution in [0.5, 0.6) is 0 Å². The van der Waals surface area contributed by atoms with Crippen LogP contribution in [0.1, 0.15) is 63.0 Å². The molecule has 3 aliphatic rings. The zero-order chi connectivity index (χ0) is 19.5. The molecule has 8 heteroatoms. The highest BCUT2D eigenvalue weighted by molar-refractivity contribution is 5.82. The number of likely N-dealkylation sites (tertiary alicyclic amines) is 1. The van der Waals surface area contributed by atoms with Crippen molar-refractivity contribution in [3.63, 3.8) is 0 Å². The monoisotopic (exact) mass is 387 g/mol. The van der Waals surface area contributed by atoms with Crippen LogP contribution in [-0.2, 0) is 18.4 Å². The molecule has 1 atom stereocenters. The number of aromatic nitrogens is 3. The molecule has 1 unspecified atom stereocenters. The van der Waals surface area contributed by atoms with E-state index in [4.69, 9.17) is 4.99 Å². The Morgan fingerprint density at radius 1 is 1.07 bits per heavy atom. The van der Waals surface area contributed by atoms with E-state index in [2.05, 4.69) is 25.7 Å². The summed E-state index contributed by atoms with van der Waals surface area (Å²) in [5, 5.41) is 15.4. The van der Waals surface area contributed by atoms with E-state index < -0.39 is 0 Å². The van der Waals surface area contributed by atoms with Crippen LogP contribution in [0.2, 0.25) is 0 Å². The van der Waals surface area contributed by atoms with Gasteiger partial charge in [-0.1, -0.05) is 19.3 Å². The van der Waals surface area contributed by atoms with Gasteiger partial charge in [-0.25, -0.2) is 4.99 Å². The van der Waals surface area contributed by atoms with Crippen LogP contribution in [0.4, 0.5) is 0 Å². The summed E-state index contributed by atoms with van der Waals surface area (Å²) >= 11 is 0. The highest BCUT2D eigenvalue weighted by Crippen LogP contribution is 2.27. The molecule has 154 valence electrons. The number of guanidine groups is 1. The van der Waals surface area contributed by atoms with Crippen LogP contribution in [0.3, 0.4) is 0 Å². The van der Waals surface area contributed by atoms with Crippen LogP contribution in [0.25, 0.3) is 0 Å². The van der Waals surface area contributed by atoms with Gasteiger partial charge in [0.1, 0.15) is 12.4 Å². The van der Waals surface area contributed by atoms with Crippen molar-refractivity contribution in [2.24, 2.45) is 18.0 Å². The fraction of sp³-hybridized carbons (Fsp3) is 0.800. The van der Waals surface area contributed by atoms with Gasteiger partial charge < -0.3 is 20.1 Å². The number of amides is 1. The van der Waals surface area contributed by atoms with E-state index in [1.54, 1.807) is 0 Å². The second-order valence-electron chi connectivity index (χ2n) is 8.56. The Morgan fingerprint density at radius 2 is 1.82 bits per heavy atom. The van der Waals surface area contributed by atoms with Gasteiger partial charge in [0.25, 0.3) is 0 Å². The van der Waals surface area contributed by atoms with Crippen LogP contribution < -0.4 is 10.6 Å². The standard InChI is InChI=1S/C20H33N7O/c1-14-24-25-18(26(14)2)12-21-20(22-16-8-9-16)23-17-10-11-27(13-17)19(28)15-6-4-3-5-7-15/h15-17H,3-13H2,1-2H3,(H2,21,22,23). The fourth-order valence-electron chi connectivity index (χ4n) is 4.17. The number of carbonyl (C=O) groups excluding carboxylic acids is 1. The maximum Gasteiger partial charge on any atom is 0.225 e. The number of nitrogens with one attached hydrogen (secondary N) is 2. The SMILES string of the molecule is Cc1nnc(CN=C(NC2CC2)NC2CCN(C(=O)C3CCCCC3)C2)n1C. The smallest absolute Gasteiger partial charge is 0.225 e. The number of aryl methyl sites for hydroxylation is 1. The Morgan fingerprint density at radius 3 is 2.50 bits per heavy atom. The lowest BCUT2D eigenvalue weighted by molar-refractivity contribution is -0.135. The largest absolute Gasteiger partial charge is 0.354 e. The van der Waals surface area contributed by atoms with Crippen molar-refractivity contribution in [3.8, 4) is 0 Å². The average Bonchev–Trinajstić information content (AvgIpc) is 3.31. The van der Waals surface area contributed by atoms with Crippen molar-refractivity contribution < 1.29 is 4.79 Å². The molecule has 4 rings (SSSR count). The number of hydrogen-bond donors (Lipinski definition) is 2. The summed E-state index contributed by atoms with van der Waals surface area (Å²) in [4.78, 5) is 19.6. The molecule has 1 aromatic heterocycles. The molecule has 2 heterocycles. The van der Waals surface area contributed by atoms with Gasteiger partial charge in [-0.05, 0) is 39.0 Å². The first-order valence-corrected chi connectivity index (χ1v) is 10.8. The minimum Gasteiger partial charge on any atom is -0.354 e. The Balaban J connectivity index is 1.34. The van der Waals surface area contributed by atoms with Crippen LogP contribution in [-0.4, -0.2) is 56.7 Å². The van der Waals surface area contributed by atoms with Gasteiger partial charge in [0.2, 0.25) is 5.91 Å². The lowest BCUT2D eigenvalue weighted by Crippen LogP contribution is -2.46. The molecule has 2 N–H and O–H groups in total. The molecule has 0 radical (unpaired) electrons. The van der Waals surface area contributed by atoms with Gasteiger partial charge in [0.15, 0.2) is 11.8 Å². The van der Waals surface area contributed by atoms with E-state index >= 15 is 0 Å². The van der Waals surface area contributed by atoms with E-state index in [-0.39, 0.29) is 12.0 Å². The lowest BCUT2D eigenvalue weighted by atomic mass is 9.88.